The van der Waals surface area contributed by atoms with Crippen LogP contribution < -0.4 is 0 Å². The number of aliphatic hydroxyl groups excluding tert-OH is 2. The summed E-state index contributed by atoms with van der Waals surface area (Å²) in [6.45, 7) is 0.302. The minimum absolute atomic E-state index is 0.151. The number of nitrogens with zero attached hydrogens (tertiary/aromatic N) is 2. The summed E-state index contributed by atoms with van der Waals surface area (Å²) < 4.78 is 4.57. The second-order valence-corrected chi connectivity index (χ2v) is 4.71. The number of carbonyl (C=O) groups excluding carboxylic acids is 2. The lowest BCUT2D eigenvalue weighted by molar-refractivity contribution is -0.00387. The van der Waals surface area contributed by atoms with Gasteiger partial charge in [0.2, 0.25) is 0 Å². The zero-order valence-electron chi connectivity index (χ0n) is 11.0. The first-order valence-electron chi connectivity index (χ1n) is 6.20. The van der Waals surface area contributed by atoms with E-state index in [1.165, 1.54) is 30.5 Å². The molecule has 108 valence electrons. The molecular weight excluding hydrogens is 264 g/mol. The molecule has 0 radical (unpaired) electrons. The van der Waals surface area contributed by atoms with Gasteiger partial charge in [0.1, 0.15) is 0 Å². The van der Waals surface area contributed by atoms with Crippen molar-refractivity contribution in [2.75, 3.05) is 20.2 Å². The average Bonchev–Trinajstić information content (AvgIpc) is 2.44. The molecule has 1 amide bonds. The number of esters is 1. The molecule has 20 heavy (non-hydrogen) atoms. The molecule has 0 spiro atoms. The number of hydrogen-bond donors (Lipinski definition) is 2. The first kappa shape index (κ1) is 14.4. The Hall–Kier alpha value is -1.99. The molecule has 0 aliphatic carbocycles. The molecule has 1 aromatic heterocycles. The van der Waals surface area contributed by atoms with E-state index >= 15 is 0 Å². The fourth-order valence-corrected chi connectivity index (χ4v) is 2.18. The first-order chi connectivity index (χ1) is 9.51. The van der Waals surface area contributed by atoms with Gasteiger partial charge >= 0.3 is 5.97 Å². The van der Waals surface area contributed by atoms with Crippen molar-refractivity contribution in [2.45, 2.75) is 18.6 Å². The molecule has 1 saturated heterocycles. The molecule has 0 bridgehead atoms. The maximum Gasteiger partial charge on any atom is 0.339 e. The maximum atomic E-state index is 12.3. The van der Waals surface area contributed by atoms with Crippen LogP contribution in [0.4, 0.5) is 0 Å². The molecule has 0 saturated carbocycles. The van der Waals surface area contributed by atoms with Gasteiger partial charge in [-0.25, -0.2) is 4.79 Å². The van der Waals surface area contributed by atoms with Crippen LogP contribution in [0.1, 0.15) is 27.1 Å². The van der Waals surface area contributed by atoms with E-state index in [1.807, 2.05) is 0 Å². The summed E-state index contributed by atoms with van der Waals surface area (Å²) in [5.74, 6) is -0.966. The third-order valence-corrected chi connectivity index (χ3v) is 3.10. The van der Waals surface area contributed by atoms with E-state index in [2.05, 4.69) is 9.72 Å². The van der Waals surface area contributed by atoms with Gasteiger partial charge < -0.3 is 19.8 Å². The van der Waals surface area contributed by atoms with Crippen molar-refractivity contribution < 1.29 is 24.5 Å². The number of amides is 1. The van der Waals surface area contributed by atoms with Crippen LogP contribution in [0.2, 0.25) is 0 Å². The Morgan fingerprint density at radius 1 is 1.25 bits per heavy atom. The summed E-state index contributed by atoms with van der Waals surface area (Å²) in [6.07, 6.45) is 1.40. The number of aromatic nitrogens is 1. The molecule has 7 heteroatoms. The Balaban J connectivity index is 2.18. The second kappa shape index (κ2) is 5.98. The largest absolute Gasteiger partial charge is 0.465 e. The third kappa shape index (κ3) is 3.12. The summed E-state index contributed by atoms with van der Waals surface area (Å²) in [4.78, 5) is 28.8. The van der Waals surface area contributed by atoms with Gasteiger partial charge in [-0.1, -0.05) is 0 Å². The minimum Gasteiger partial charge on any atom is -0.465 e. The number of carbonyl (C=O) groups is 2. The number of ether oxygens (including phenoxy) is 1. The third-order valence-electron chi connectivity index (χ3n) is 3.10. The van der Waals surface area contributed by atoms with Gasteiger partial charge in [0, 0.05) is 31.9 Å². The predicted octanol–water partition coefficient (Wildman–Crippen LogP) is -0.564. The lowest BCUT2D eigenvalue weighted by atomic mass is 10.0. The molecule has 2 rings (SSSR count). The fraction of sp³-hybridized carbons (Fsp3) is 0.462. The summed E-state index contributed by atoms with van der Waals surface area (Å²) in [5.41, 5.74) is 0.394. The summed E-state index contributed by atoms with van der Waals surface area (Å²) >= 11 is 0. The number of piperidine rings is 1. The predicted molar refractivity (Wildman–Crippen MR) is 68.1 cm³/mol. The lowest BCUT2D eigenvalue weighted by Gasteiger charge is -2.33. The van der Waals surface area contributed by atoms with E-state index in [0.717, 1.165) is 0 Å². The Labute approximate surface area is 115 Å². The highest BCUT2D eigenvalue weighted by molar-refractivity contribution is 5.97. The van der Waals surface area contributed by atoms with Crippen LogP contribution in [0.25, 0.3) is 0 Å². The second-order valence-electron chi connectivity index (χ2n) is 4.71. The number of hydrogen-bond acceptors (Lipinski definition) is 6. The van der Waals surface area contributed by atoms with Crippen LogP contribution in [0.3, 0.4) is 0 Å². The van der Waals surface area contributed by atoms with Gasteiger partial charge in [0.15, 0.2) is 0 Å². The Kier molecular flexibility index (Phi) is 4.31. The van der Waals surface area contributed by atoms with Gasteiger partial charge in [-0.15, -0.1) is 0 Å². The molecule has 0 aromatic carbocycles. The molecule has 1 fully saturated rings. The van der Waals surface area contributed by atoms with Crippen LogP contribution in [0, 0.1) is 0 Å². The van der Waals surface area contributed by atoms with Crippen LogP contribution >= 0.6 is 0 Å². The van der Waals surface area contributed by atoms with Crippen molar-refractivity contribution in [3.8, 4) is 0 Å². The minimum atomic E-state index is -0.751. The average molecular weight is 280 g/mol. The highest BCUT2D eigenvalue weighted by Gasteiger charge is 2.28. The van der Waals surface area contributed by atoms with Crippen LogP contribution in [0.5, 0.6) is 0 Å². The molecule has 7 nitrogen and oxygen atoms in total. The van der Waals surface area contributed by atoms with E-state index in [1.54, 1.807) is 0 Å². The maximum absolute atomic E-state index is 12.3. The van der Waals surface area contributed by atoms with E-state index in [0.29, 0.717) is 0 Å². The topological polar surface area (TPSA) is 100.0 Å². The summed E-state index contributed by atoms with van der Waals surface area (Å²) in [6, 6.07) is 1.38. The normalized spacial score (nSPS) is 22.4. The van der Waals surface area contributed by atoms with Gasteiger partial charge in [-0.2, -0.15) is 0 Å². The van der Waals surface area contributed by atoms with E-state index in [9.17, 15) is 19.8 Å². The van der Waals surface area contributed by atoms with E-state index in [-0.39, 0.29) is 36.5 Å². The van der Waals surface area contributed by atoms with Crippen LogP contribution in [-0.2, 0) is 4.74 Å². The van der Waals surface area contributed by atoms with Crippen molar-refractivity contribution in [1.29, 1.82) is 0 Å². The Morgan fingerprint density at radius 3 is 2.45 bits per heavy atom. The summed E-state index contributed by atoms with van der Waals surface area (Å²) in [7, 11) is 1.24. The molecule has 2 heterocycles. The van der Waals surface area contributed by atoms with Crippen molar-refractivity contribution in [2.24, 2.45) is 0 Å². The molecular formula is C13H16N2O5. The van der Waals surface area contributed by atoms with Gasteiger partial charge in [-0.3, -0.25) is 9.78 Å². The molecule has 2 N–H and O–H groups in total. The zero-order chi connectivity index (χ0) is 14.7. The summed E-state index contributed by atoms with van der Waals surface area (Å²) in [5, 5.41) is 19.2. The lowest BCUT2D eigenvalue weighted by Crippen LogP contribution is -2.48. The number of likely N-dealkylation sites (tertiary alicyclic amines) is 1. The molecule has 1 aliphatic heterocycles. The van der Waals surface area contributed by atoms with Crippen LogP contribution in [-0.4, -0.2) is 64.4 Å². The van der Waals surface area contributed by atoms with Gasteiger partial charge in [0.05, 0.1) is 30.4 Å². The van der Waals surface area contributed by atoms with Crippen molar-refractivity contribution >= 4 is 11.9 Å². The van der Waals surface area contributed by atoms with Crippen molar-refractivity contribution in [3.05, 3.63) is 29.6 Å². The van der Waals surface area contributed by atoms with Crippen molar-refractivity contribution in [1.82, 2.24) is 9.88 Å². The monoisotopic (exact) mass is 280 g/mol. The quantitative estimate of drug-likeness (QED) is 0.704. The number of rotatable bonds is 2. The van der Waals surface area contributed by atoms with Crippen LogP contribution in [0.15, 0.2) is 18.5 Å². The Morgan fingerprint density at radius 2 is 1.85 bits per heavy atom. The van der Waals surface area contributed by atoms with E-state index < -0.39 is 18.2 Å². The highest BCUT2D eigenvalue weighted by Crippen LogP contribution is 2.15. The number of β-amino-alcohol motifs (C(OH)–C–C–N with tert-alkyl or cyclic N) is 2. The molecule has 1 aliphatic rings. The van der Waals surface area contributed by atoms with E-state index in [4.69, 9.17) is 0 Å². The standard InChI is InChI=1S/C13H16N2O5/c1-20-13(19)9-2-8(4-14-5-9)12(18)15-6-10(16)3-11(17)7-15/h2,4-5,10-11,16-17H,3,6-7H2,1H3/t10-,11-/m1/s1. The zero-order valence-corrected chi connectivity index (χ0v) is 11.0. The molecule has 2 atom stereocenters. The SMILES string of the molecule is COC(=O)c1cncc(C(=O)N2C[C@H](O)C[C@@H](O)C2)c1. The molecule has 0 unspecified atom stereocenters. The molecule has 1 aromatic rings. The number of methoxy groups -OCH3 is 1. The number of pyridine rings is 1. The van der Waals surface area contributed by atoms with Crippen molar-refractivity contribution in [3.63, 3.8) is 0 Å². The highest BCUT2D eigenvalue weighted by atomic mass is 16.5. The Bertz CT molecular complexity index is 509. The van der Waals surface area contributed by atoms with Gasteiger partial charge in [-0.05, 0) is 6.07 Å². The smallest absolute Gasteiger partial charge is 0.339 e. The van der Waals surface area contributed by atoms with Gasteiger partial charge in [0.25, 0.3) is 5.91 Å². The fourth-order valence-electron chi connectivity index (χ4n) is 2.18. The first-order valence-corrected chi connectivity index (χ1v) is 6.20. The number of aliphatic hydroxyl groups is 2.